The third-order valence-electron chi connectivity index (χ3n) is 3.44. The molecular weight excluding hydrogens is 267 g/mol. The van der Waals surface area contributed by atoms with Crippen molar-refractivity contribution in [1.29, 1.82) is 0 Å². The molecule has 0 radical (unpaired) electrons. The zero-order valence-electron chi connectivity index (χ0n) is 10.8. The number of hydrogen-bond acceptors (Lipinski definition) is 4. The molecule has 1 unspecified atom stereocenters. The zero-order chi connectivity index (χ0) is 14.6. The second-order valence-electron chi connectivity index (χ2n) is 4.59. The third-order valence-corrected chi connectivity index (χ3v) is 3.44. The second kappa shape index (κ2) is 3.96. The molecule has 0 saturated carbocycles. The molecule has 0 amide bonds. The Kier molecular flexibility index (Phi) is 2.47. The molecule has 0 fully saturated rings. The molecule has 1 aromatic carbocycles. The SMILES string of the molecule is CC1Oc2c(F)ccc3c(=O)c(C(=O)O)cn(c23)N1C. The summed E-state index contributed by atoms with van der Waals surface area (Å²) in [6.45, 7) is 1.69. The topological polar surface area (TPSA) is 71.8 Å². The van der Waals surface area contributed by atoms with Crippen LogP contribution < -0.4 is 15.2 Å². The van der Waals surface area contributed by atoms with Gasteiger partial charge in [-0.2, -0.15) is 0 Å². The number of rotatable bonds is 1. The number of benzene rings is 1. The minimum Gasteiger partial charge on any atom is -0.477 e. The number of nitrogens with zero attached hydrogens (tertiary/aromatic N) is 2. The molecule has 0 aliphatic carbocycles. The van der Waals surface area contributed by atoms with Crippen molar-refractivity contribution in [2.24, 2.45) is 0 Å². The molecule has 6 nitrogen and oxygen atoms in total. The molecule has 2 heterocycles. The highest BCUT2D eigenvalue weighted by Crippen LogP contribution is 2.32. The molecule has 104 valence electrons. The summed E-state index contributed by atoms with van der Waals surface area (Å²) in [5, 5.41) is 10.8. The molecule has 0 spiro atoms. The molecule has 3 rings (SSSR count). The van der Waals surface area contributed by atoms with Crippen LogP contribution in [-0.2, 0) is 0 Å². The summed E-state index contributed by atoms with van der Waals surface area (Å²) in [7, 11) is 1.66. The van der Waals surface area contributed by atoms with Gasteiger partial charge in [0.05, 0.1) is 5.39 Å². The normalized spacial score (nSPS) is 17.1. The lowest BCUT2D eigenvalue weighted by Crippen LogP contribution is -2.46. The summed E-state index contributed by atoms with van der Waals surface area (Å²) in [6.07, 6.45) is 0.696. The van der Waals surface area contributed by atoms with E-state index in [2.05, 4.69) is 0 Å². The first-order chi connectivity index (χ1) is 9.41. The Morgan fingerprint density at radius 2 is 2.15 bits per heavy atom. The Labute approximate surface area is 112 Å². The van der Waals surface area contributed by atoms with Crippen LogP contribution in [0.2, 0.25) is 0 Å². The number of aromatic carboxylic acids is 1. The van der Waals surface area contributed by atoms with Gasteiger partial charge in [0.25, 0.3) is 0 Å². The van der Waals surface area contributed by atoms with Gasteiger partial charge < -0.3 is 9.84 Å². The maximum atomic E-state index is 13.8. The predicted octanol–water partition coefficient (Wildman–Crippen LogP) is 1.15. The van der Waals surface area contributed by atoms with Crippen molar-refractivity contribution < 1.29 is 19.0 Å². The van der Waals surface area contributed by atoms with E-state index in [-0.39, 0.29) is 22.2 Å². The number of pyridine rings is 1. The van der Waals surface area contributed by atoms with Crippen LogP contribution in [0, 0.1) is 5.82 Å². The fourth-order valence-electron chi connectivity index (χ4n) is 2.28. The van der Waals surface area contributed by atoms with Crippen molar-refractivity contribution in [2.45, 2.75) is 13.2 Å². The lowest BCUT2D eigenvalue weighted by Gasteiger charge is -2.35. The fraction of sp³-hybridized carbons (Fsp3) is 0.231. The molecular formula is C13H11FN2O4. The molecule has 1 aliphatic heterocycles. The lowest BCUT2D eigenvalue weighted by atomic mass is 10.1. The molecule has 1 aliphatic rings. The Bertz CT molecular complexity index is 799. The number of carbonyl (C=O) groups is 1. The number of carboxylic acids is 1. The van der Waals surface area contributed by atoms with E-state index in [4.69, 9.17) is 9.84 Å². The van der Waals surface area contributed by atoms with Gasteiger partial charge in [-0.3, -0.25) is 14.5 Å². The van der Waals surface area contributed by atoms with Gasteiger partial charge in [0.15, 0.2) is 17.8 Å². The van der Waals surface area contributed by atoms with Crippen molar-refractivity contribution in [3.63, 3.8) is 0 Å². The average molecular weight is 278 g/mol. The van der Waals surface area contributed by atoms with Gasteiger partial charge in [0, 0.05) is 13.2 Å². The number of ether oxygens (including phenoxy) is 1. The summed E-state index contributed by atoms with van der Waals surface area (Å²) < 4.78 is 20.7. The summed E-state index contributed by atoms with van der Waals surface area (Å²) in [5.41, 5.74) is -0.784. The van der Waals surface area contributed by atoms with Crippen LogP contribution in [0.4, 0.5) is 4.39 Å². The summed E-state index contributed by atoms with van der Waals surface area (Å²) >= 11 is 0. The molecule has 0 bridgehead atoms. The molecule has 2 aromatic rings. The maximum absolute atomic E-state index is 13.8. The lowest BCUT2D eigenvalue weighted by molar-refractivity contribution is 0.0694. The van der Waals surface area contributed by atoms with E-state index < -0.39 is 23.4 Å². The van der Waals surface area contributed by atoms with Crippen LogP contribution in [0.25, 0.3) is 10.9 Å². The van der Waals surface area contributed by atoms with E-state index in [1.807, 2.05) is 0 Å². The van der Waals surface area contributed by atoms with Crippen LogP contribution in [0.5, 0.6) is 5.75 Å². The van der Waals surface area contributed by atoms with E-state index >= 15 is 0 Å². The molecule has 1 atom stereocenters. The van der Waals surface area contributed by atoms with E-state index in [0.717, 1.165) is 6.07 Å². The van der Waals surface area contributed by atoms with Crippen LogP contribution in [-0.4, -0.2) is 29.0 Å². The Hall–Kier alpha value is -2.57. The highest BCUT2D eigenvalue weighted by atomic mass is 19.1. The summed E-state index contributed by atoms with van der Waals surface area (Å²) in [6, 6.07) is 2.37. The van der Waals surface area contributed by atoms with Crippen molar-refractivity contribution in [1.82, 2.24) is 4.68 Å². The van der Waals surface area contributed by atoms with Gasteiger partial charge >= 0.3 is 5.97 Å². The van der Waals surface area contributed by atoms with Crippen LogP contribution in [0.15, 0.2) is 23.1 Å². The van der Waals surface area contributed by atoms with Gasteiger partial charge in [-0.15, -0.1) is 0 Å². The standard InChI is InChI=1S/C13H11FN2O4/c1-6-15(2)16-5-8(13(18)19)11(17)7-3-4-9(14)12(20-6)10(7)16/h3-6H,1-2H3,(H,18,19). The molecule has 0 saturated heterocycles. The second-order valence-corrected chi connectivity index (χ2v) is 4.59. The average Bonchev–Trinajstić information content (AvgIpc) is 2.39. The smallest absolute Gasteiger partial charge is 0.341 e. The van der Waals surface area contributed by atoms with Crippen molar-refractivity contribution in [3.05, 3.63) is 39.9 Å². The van der Waals surface area contributed by atoms with Crippen LogP contribution >= 0.6 is 0 Å². The van der Waals surface area contributed by atoms with Crippen LogP contribution in [0.1, 0.15) is 17.3 Å². The quantitative estimate of drug-likeness (QED) is 0.847. The van der Waals surface area contributed by atoms with Gasteiger partial charge in [-0.05, 0) is 19.1 Å². The highest BCUT2D eigenvalue weighted by Gasteiger charge is 2.28. The van der Waals surface area contributed by atoms with Gasteiger partial charge in [0.1, 0.15) is 11.1 Å². The summed E-state index contributed by atoms with van der Waals surface area (Å²) in [5.74, 6) is -1.95. The van der Waals surface area contributed by atoms with E-state index in [1.165, 1.54) is 16.9 Å². The van der Waals surface area contributed by atoms with Crippen molar-refractivity contribution in [2.75, 3.05) is 12.1 Å². The van der Waals surface area contributed by atoms with Crippen molar-refractivity contribution in [3.8, 4) is 5.75 Å². The maximum Gasteiger partial charge on any atom is 0.341 e. The first-order valence-electron chi connectivity index (χ1n) is 5.92. The number of halogens is 1. The molecule has 1 N–H and O–H groups in total. The number of hydrogen-bond donors (Lipinski definition) is 1. The first-order valence-corrected chi connectivity index (χ1v) is 5.92. The summed E-state index contributed by atoms with van der Waals surface area (Å²) in [4.78, 5) is 23.3. The van der Waals surface area contributed by atoms with Crippen molar-refractivity contribution >= 4 is 16.9 Å². The monoisotopic (exact) mass is 278 g/mol. The molecule has 1 aromatic heterocycles. The number of aromatic nitrogens is 1. The van der Waals surface area contributed by atoms with Gasteiger partial charge in [-0.25, -0.2) is 9.18 Å². The minimum absolute atomic E-state index is 0.0397. The van der Waals surface area contributed by atoms with E-state index in [9.17, 15) is 14.0 Å². The van der Waals surface area contributed by atoms with E-state index in [0.29, 0.717) is 0 Å². The fourth-order valence-corrected chi connectivity index (χ4v) is 2.28. The van der Waals surface area contributed by atoms with Gasteiger partial charge in [0.2, 0.25) is 5.43 Å². The van der Waals surface area contributed by atoms with E-state index in [1.54, 1.807) is 19.0 Å². The zero-order valence-corrected chi connectivity index (χ0v) is 10.8. The Morgan fingerprint density at radius 3 is 2.80 bits per heavy atom. The third kappa shape index (κ3) is 1.49. The van der Waals surface area contributed by atoms with Crippen LogP contribution in [0.3, 0.4) is 0 Å². The largest absolute Gasteiger partial charge is 0.477 e. The van der Waals surface area contributed by atoms with Gasteiger partial charge in [-0.1, -0.05) is 0 Å². The Balaban J connectivity index is 2.52. The number of carboxylic acid groups (broad SMARTS) is 1. The highest BCUT2D eigenvalue weighted by molar-refractivity contribution is 5.94. The first kappa shape index (κ1) is 12.5. The predicted molar refractivity (Wildman–Crippen MR) is 69.4 cm³/mol. The minimum atomic E-state index is -1.32. The molecule has 20 heavy (non-hydrogen) atoms. The Morgan fingerprint density at radius 1 is 1.45 bits per heavy atom. The molecule has 7 heteroatoms.